The summed E-state index contributed by atoms with van der Waals surface area (Å²) >= 11 is 1.75. The first kappa shape index (κ1) is 16.8. The smallest absolute Gasteiger partial charge is 0.257 e. The molecule has 4 rings (SSSR count). The molecule has 0 saturated carbocycles. The molecule has 2 heterocycles. The number of amides is 1. The van der Waals surface area contributed by atoms with E-state index in [0.29, 0.717) is 30.3 Å². The van der Waals surface area contributed by atoms with Crippen molar-refractivity contribution in [3.8, 4) is 11.5 Å². The normalized spacial score (nSPS) is 15.3. The number of hydrogen-bond acceptors (Lipinski definition) is 5. The molecule has 1 fully saturated rings. The third-order valence-electron chi connectivity index (χ3n) is 4.88. The molecule has 0 spiro atoms. The third kappa shape index (κ3) is 3.12. The molecule has 6 heteroatoms. The van der Waals surface area contributed by atoms with Gasteiger partial charge in [0.25, 0.3) is 5.91 Å². The van der Waals surface area contributed by atoms with Gasteiger partial charge in [0.15, 0.2) is 0 Å². The number of ether oxygens (including phenoxy) is 1. The van der Waals surface area contributed by atoms with Gasteiger partial charge in [-0.1, -0.05) is 12.1 Å². The van der Waals surface area contributed by atoms with E-state index < -0.39 is 0 Å². The number of carbonyl (C=O) groups excluding carboxylic acids is 1. The first-order valence-corrected chi connectivity index (χ1v) is 9.49. The zero-order chi connectivity index (χ0) is 18.1. The van der Waals surface area contributed by atoms with Gasteiger partial charge in [-0.05, 0) is 43.2 Å². The van der Waals surface area contributed by atoms with E-state index in [-0.39, 0.29) is 11.7 Å². The van der Waals surface area contributed by atoms with Crippen LogP contribution in [0.3, 0.4) is 0 Å². The van der Waals surface area contributed by atoms with Crippen LogP contribution in [0.2, 0.25) is 0 Å². The molecular weight excluding hydrogens is 348 g/mol. The van der Waals surface area contributed by atoms with Crippen LogP contribution in [0.5, 0.6) is 11.5 Å². The maximum atomic E-state index is 12.8. The number of methoxy groups -OCH3 is 1. The average Bonchev–Trinajstić information content (AvgIpc) is 3.12. The Morgan fingerprint density at radius 1 is 1.23 bits per heavy atom. The molecule has 0 aliphatic carbocycles. The van der Waals surface area contributed by atoms with Gasteiger partial charge in [0.1, 0.15) is 11.5 Å². The van der Waals surface area contributed by atoms with Gasteiger partial charge < -0.3 is 14.7 Å². The van der Waals surface area contributed by atoms with E-state index in [1.165, 1.54) is 10.8 Å². The summed E-state index contributed by atoms with van der Waals surface area (Å²) in [4.78, 5) is 19.3. The highest BCUT2D eigenvalue weighted by Gasteiger charge is 2.27. The lowest BCUT2D eigenvalue weighted by Crippen LogP contribution is -2.37. The number of rotatable bonds is 3. The highest BCUT2D eigenvalue weighted by Crippen LogP contribution is 2.34. The summed E-state index contributed by atoms with van der Waals surface area (Å²) in [5.41, 5.74) is 1.34. The second-order valence-corrected chi connectivity index (χ2v) is 7.53. The molecule has 1 aliphatic heterocycles. The molecule has 134 valence electrons. The maximum Gasteiger partial charge on any atom is 0.257 e. The molecule has 1 aromatic heterocycles. The summed E-state index contributed by atoms with van der Waals surface area (Å²) in [5, 5.41) is 11.2. The molecule has 1 amide bonds. The Kier molecular flexibility index (Phi) is 4.51. The average molecular weight is 368 g/mol. The van der Waals surface area contributed by atoms with Crippen LogP contribution in [-0.2, 0) is 0 Å². The molecule has 0 bridgehead atoms. The maximum absolute atomic E-state index is 12.8. The number of aromatic nitrogens is 1. The fraction of sp³-hybridized carbons (Fsp3) is 0.300. The molecule has 1 N–H and O–H groups in total. The van der Waals surface area contributed by atoms with E-state index in [1.54, 1.807) is 35.5 Å². The van der Waals surface area contributed by atoms with Crippen LogP contribution in [0, 0.1) is 0 Å². The summed E-state index contributed by atoms with van der Waals surface area (Å²) in [7, 11) is 1.55. The molecule has 1 saturated heterocycles. The van der Waals surface area contributed by atoms with Crippen molar-refractivity contribution >= 4 is 27.5 Å². The van der Waals surface area contributed by atoms with Crippen molar-refractivity contribution in [2.75, 3.05) is 20.2 Å². The van der Waals surface area contributed by atoms with Crippen molar-refractivity contribution in [2.24, 2.45) is 0 Å². The summed E-state index contributed by atoms with van der Waals surface area (Å²) < 4.78 is 6.37. The number of carbonyl (C=O) groups is 1. The van der Waals surface area contributed by atoms with Crippen LogP contribution in [0.4, 0.5) is 0 Å². The number of para-hydroxylation sites is 1. The Bertz CT molecular complexity index is 912. The highest BCUT2D eigenvalue weighted by molar-refractivity contribution is 7.18. The van der Waals surface area contributed by atoms with Crippen molar-refractivity contribution in [3.63, 3.8) is 0 Å². The number of aromatic hydroxyl groups is 1. The Labute approximate surface area is 155 Å². The lowest BCUT2D eigenvalue weighted by Gasteiger charge is -2.31. The minimum Gasteiger partial charge on any atom is -0.507 e. The van der Waals surface area contributed by atoms with Crippen molar-refractivity contribution in [2.45, 2.75) is 18.8 Å². The zero-order valence-corrected chi connectivity index (χ0v) is 15.3. The second-order valence-electron chi connectivity index (χ2n) is 6.47. The Hall–Kier alpha value is -2.60. The number of phenolic OH excluding ortho intramolecular Hbond substituents is 1. The molecule has 5 nitrogen and oxygen atoms in total. The van der Waals surface area contributed by atoms with Gasteiger partial charge in [-0.2, -0.15) is 0 Å². The molecule has 0 atom stereocenters. The Morgan fingerprint density at radius 2 is 2.00 bits per heavy atom. The predicted octanol–water partition coefficient (Wildman–Crippen LogP) is 4.03. The number of benzene rings is 2. The molecule has 0 radical (unpaired) electrons. The summed E-state index contributed by atoms with van der Waals surface area (Å²) in [5.74, 6) is 0.791. The van der Waals surface area contributed by atoms with E-state index in [0.717, 1.165) is 23.4 Å². The van der Waals surface area contributed by atoms with Crippen molar-refractivity contribution < 1.29 is 14.6 Å². The van der Waals surface area contributed by atoms with Gasteiger partial charge in [-0.3, -0.25) is 4.79 Å². The van der Waals surface area contributed by atoms with E-state index in [9.17, 15) is 9.90 Å². The van der Waals surface area contributed by atoms with Crippen molar-refractivity contribution in [1.29, 1.82) is 0 Å². The number of thiazole rings is 1. The van der Waals surface area contributed by atoms with Gasteiger partial charge in [0.05, 0.1) is 27.9 Å². The van der Waals surface area contributed by atoms with Crippen molar-refractivity contribution in [3.05, 3.63) is 53.0 Å². The Balaban J connectivity index is 1.47. The van der Waals surface area contributed by atoms with Crippen LogP contribution in [0.15, 0.2) is 42.5 Å². The highest BCUT2D eigenvalue weighted by atomic mass is 32.1. The molecular formula is C20H20N2O3S. The van der Waals surface area contributed by atoms with E-state index in [1.807, 2.05) is 18.2 Å². The second kappa shape index (κ2) is 6.96. The summed E-state index contributed by atoms with van der Waals surface area (Å²) in [6.45, 7) is 1.33. The molecule has 1 aliphatic rings. The number of hydrogen-bond donors (Lipinski definition) is 1. The minimum atomic E-state index is -0.149. The van der Waals surface area contributed by atoms with E-state index >= 15 is 0 Å². The van der Waals surface area contributed by atoms with Gasteiger partial charge in [0.2, 0.25) is 0 Å². The van der Waals surface area contributed by atoms with Gasteiger partial charge in [0, 0.05) is 19.0 Å². The van der Waals surface area contributed by atoms with Gasteiger partial charge in [-0.15, -0.1) is 11.3 Å². The standard InChI is InChI=1S/C20H20N2O3S/c1-25-14-6-7-17(23)15(12-14)20(24)22-10-8-13(9-11-22)19-21-16-4-2-3-5-18(16)26-19/h2-7,12-13,23H,8-11H2,1H3. The first-order valence-electron chi connectivity index (χ1n) is 8.67. The van der Waals surface area contributed by atoms with Crippen molar-refractivity contribution in [1.82, 2.24) is 9.88 Å². The van der Waals surface area contributed by atoms with Gasteiger partial charge >= 0.3 is 0 Å². The van der Waals surface area contributed by atoms with Crippen LogP contribution in [0.1, 0.15) is 34.1 Å². The summed E-state index contributed by atoms with van der Waals surface area (Å²) in [6, 6.07) is 12.9. The molecule has 0 unspecified atom stereocenters. The fourth-order valence-electron chi connectivity index (χ4n) is 3.38. The number of nitrogens with zero attached hydrogens (tertiary/aromatic N) is 2. The lowest BCUT2D eigenvalue weighted by molar-refractivity contribution is 0.0709. The lowest BCUT2D eigenvalue weighted by atomic mass is 9.97. The number of phenols is 1. The van der Waals surface area contributed by atoms with Crippen LogP contribution < -0.4 is 4.74 Å². The molecule has 3 aromatic rings. The third-order valence-corrected chi connectivity index (χ3v) is 6.07. The number of piperidine rings is 1. The SMILES string of the molecule is COc1ccc(O)c(C(=O)N2CCC(c3nc4ccccc4s3)CC2)c1. The number of likely N-dealkylation sites (tertiary alicyclic amines) is 1. The molecule has 2 aromatic carbocycles. The largest absolute Gasteiger partial charge is 0.507 e. The topological polar surface area (TPSA) is 62.7 Å². The summed E-state index contributed by atoms with van der Waals surface area (Å²) in [6.07, 6.45) is 1.77. The van der Waals surface area contributed by atoms with Gasteiger partial charge in [-0.25, -0.2) is 4.98 Å². The first-order chi connectivity index (χ1) is 12.7. The fourth-order valence-corrected chi connectivity index (χ4v) is 4.51. The van der Waals surface area contributed by atoms with E-state index in [2.05, 4.69) is 6.07 Å². The number of fused-ring (bicyclic) bond motifs is 1. The minimum absolute atomic E-state index is 0.0101. The predicted molar refractivity (Wildman–Crippen MR) is 102 cm³/mol. The van der Waals surface area contributed by atoms with Crippen LogP contribution >= 0.6 is 11.3 Å². The molecule has 26 heavy (non-hydrogen) atoms. The van der Waals surface area contributed by atoms with Crippen LogP contribution in [0.25, 0.3) is 10.2 Å². The quantitative estimate of drug-likeness (QED) is 0.758. The monoisotopic (exact) mass is 368 g/mol. The van der Waals surface area contributed by atoms with E-state index in [4.69, 9.17) is 9.72 Å². The Morgan fingerprint density at radius 3 is 2.73 bits per heavy atom. The zero-order valence-electron chi connectivity index (χ0n) is 14.5. The van der Waals surface area contributed by atoms with Crippen LogP contribution in [-0.4, -0.2) is 41.1 Å².